The van der Waals surface area contributed by atoms with Gasteiger partial charge in [-0.15, -0.1) is 0 Å². The average molecular weight is 387 g/mol. The lowest BCUT2D eigenvalue weighted by atomic mass is 10.1. The highest BCUT2D eigenvalue weighted by Gasteiger charge is 2.19. The fourth-order valence-corrected chi connectivity index (χ4v) is 2.71. The zero-order chi connectivity index (χ0) is 17.7. The molecule has 0 bridgehead atoms. The van der Waals surface area contributed by atoms with Crippen molar-refractivity contribution >= 4 is 52.4 Å². The van der Waals surface area contributed by atoms with Crippen molar-refractivity contribution in [1.29, 1.82) is 0 Å². The number of nitrogens with one attached hydrogen (secondary N) is 1. The van der Waals surface area contributed by atoms with Gasteiger partial charge in [-0.25, -0.2) is 4.79 Å². The van der Waals surface area contributed by atoms with Crippen LogP contribution < -0.4 is 5.32 Å². The first-order chi connectivity index (χ1) is 11.4. The van der Waals surface area contributed by atoms with Crippen molar-refractivity contribution in [3.05, 3.63) is 62.6 Å². The zero-order valence-electron chi connectivity index (χ0n) is 12.7. The fraction of sp³-hybridized carbons (Fsp3) is 0.176. The summed E-state index contributed by atoms with van der Waals surface area (Å²) in [6.07, 6.45) is 0.691. The molecule has 0 radical (unpaired) electrons. The number of hydrogen-bond donors (Lipinski definition) is 1. The Labute approximate surface area is 154 Å². The summed E-state index contributed by atoms with van der Waals surface area (Å²) < 4.78 is 5.11. The molecule has 1 N–H and O–H groups in total. The summed E-state index contributed by atoms with van der Waals surface area (Å²) in [5.74, 6) is -1.09. The molecule has 0 atom stereocenters. The molecule has 7 heteroatoms. The number of amides is 1. The number of carbonyl (C=O) groups excluding carboxylic acids is 2. The highest BCUT2D eigenvalue weighted by Crippen LogP contribution is 2.27. The number of ether oxygens (including phenoxy) is 1. The molecule has 0 aliphatic carbocycles. The van der Waals surface area contributed by atoms with Crippen LogP contribution in [-0.4, -0.2) is 18.5 Å². The van der Waals surface area contributed by atoms with Gasteiger partial charge in [0.1, 0.15) is 0 Å². The molecule has 0 aliphatic heterocycles. The number of halogens is 3. The van der Waals surface area contributed by atoms with E-state index in [-0.39, 0.29) is 33.5 Å². The van der Waals surface area contributed by atoms with Crippen LogP contribution in [0.5, 0.6) is 0 Å². The van der Waals surface area contributed by atoms with Gasteiger partial charge in [0.15, 0.2) is 0 Å². The van der Waals surface area contributed by atoms with E-state index < -0.39 is 11.9 Å². The number of benzene rings is 2. The normalized spacial score (nSPS) is 10.3. The Morgan fingerprint density at radius 1 is 1.08 bits per heavy atom. The molecule has 126 valence electrons. The quantitative estimate of drug-likeness (QED) is 0.694. The Morgan fingerprint density at radius 3 is 2.38 bits per heavy atom. The van der Waals surface area contributed by atoms with E-state index in [0.717, 1.165) is 0 Å². The molecular weight excluding hydrogens is 373 g/mol. The number of carbonyl (C=O) groups is 2. The monoisotopic (exact) mass is 385 g/mol. The molecule has 0 aliphatic rings. The lowest BCUT2D eigenvalue weighted by Crippen LogP contribution is -2.17. The van der Waals surface area contributed by atoms with Gasteiger partial charge in [0.2, 0.25) is 0 Å². The predicted octanol–water partition coefficient (Wildman–Crippen LogP) is 5.47. The minimum Gasteiger partial charge on any atom is -0.462 e. The van der Waals surface area contributed by atoms with E-state index in [4.69, 9.17) is 39.5 Å². The van der Waals surface area contributed by atoms with Crippen molar-refractivity contribution in [2.24, 2.45) is 0 Å². The van der Waals surface area contributed by atoms with E-state index in [1.54, 1.807) is 24.3 Å². The van der Waals surface area contributed by atoms with Crippen molar-refractivity contribution < 1.29 is 14.3 Å². The summed E-state index contributed by atoms with van der Waals surface area (Å²) in [7, 11) is 0. The maximum absolute atomic E-state index is 12.5. The molecule has 0 fully saturated rings. The average Bonchev–Trinajstić information content (AvgIpc) is 2.52. The van der Waals surface area contributed by atoms with Crippen LogP contribution in [-0.2, 0) is 4.74 Å². The molecule has 0 saturated carbocycles. The highest BCUT2D eigenvalue weighted by molar-refractivity contribution is 6.40. The molecule has 2 rings (SSSR count). The van der Waals surface area contributed by atoms with Crippen molar-refractivity contribution in [2.75, 3.05) is 11.9 Å². The predicted molar refractivity (Wildman–Crippen MR) is 96.4 cm³/mol. The first-order valence-corrected chi connectivity index (χ1v) is 8.29. The van der Waals surface area contributed by atoms with E-state index in [2.05, 4.69) is 5.32 Å². The summed E-state index contributed by atoms with van der Waals surface area (Å²) in [5.41, 5.74) is 0.544. The molecule has 0 heterocycles. The molecule has 1 amide bonds. The van der Waals surface area contributed by atoms with Gasteiger partial charge < -0.3 is 10.1 Å². The van der Waals surface area contributed by atoms with Crippen LogP contribution in [0.2, 0.25) is 15.1 Å². The Bertz CT molecular complexity index is 757. The van der Waals surface area contributed by atoms with Gasteiger partial charge in [-0.2, -0.15) is 0 Å². The summed E-state index contributed by atoms with van der Waals surface area (Å²) in [4.78, 5) is 24.6. The third-order valence-corrected chi connectivity index (χ3v) is 3.94. The van der Waals surface area contributed by atoms with Gasteiger partial charge >= 0.3 is 5.97 Å². The van der Waals surface area contributed by atoms with E-state index in [1.807, 2.05) is 6.92 Å². The van der Waals surface area contributed by atoms with Crippen molar-refractivity contribution in [3.63, 3.8) is 0 Å². The van der Waals surface area contributed by atoms with Gasteiger partial charge in [-0.05, 0) is 36.8 Å². The second-order valence-corrected chi connectivity index (χ2v) is 6.13. The summed E-state index contributed by atoms with van der Waals surface area (Å²) in [6, 6.07) is 9.24. The van der Waals surface area contributed by atoms with Crippen LogP contribution in [0, 0.1) is 0 Å². The van der Waals surface area contributed by atoms with Gasteiger partial charge in [0.25, 0.3) is 5.91 Å². The molecule has 24 heavy (non-hydrogen) atoms. The molecule has 0 unspecified atom stereocenters. The molecule has 0 aromatic heterocycles. The SMILES string of the molecule is CCCOC(=O)c1ccc(Cl)cc1NC(=O)c1c(Cl)cccc1Cl. The van der Waals surface area contributed by atoms with Crippen molar-refractivity contribution in [1.82, 2.24) is 0 Å². The highest BCUT2D eigenvalue weighted by atomic mass is 35.5. The van der Waals surface area contributed by atoms with E-state index >= 15 is 0 Å². The second kappa shape index (κ2) is 8.38. The summed E-state index contributed by atoms with van der Waals surface area (Å²) in [5, 5.41) is 3.39. The molecule has 0 saturated heterocycles. The molecular formula is C17H14Cl3NO3. The van der Waals surface area contributed by atoms with Crippen LogP contribution in [0.25, 0.3) is 0 Å². The Hall–Kier alpha value is -1.75. The van der Waals surface area contributed by atoms with Crippen LogP contribution in [0.3, 0.4) is 0 Å². The van der Waals surface area contributed by atoms with Crippen molar-refractivity contribution in [2.45, 2.75) is 13.3 Å². The van der Waals surface area contributed by atoms with Crippen LogP contribution in [0.4, 0.5) is 5.69 Å². The van der Waals surface area contributed by atoms with Gasteiger partial charge in [-0.1, -0.05) is 47.8 Å². The Kier molecular flexibility index (Phi) is 6.49. The number of rotatable bonds is 5. The van der Waals surface area contributed by atoms with Crippen LogP contribution >= 0.6 is 34.8 Å². The maximum atomic E-state index is 12.5. The number of anilines is 1. The largest absolute Gasteiger partial charge is 0.462 e. The first-order valence-electron chi connectivity index (χ1n) is 7.16. The molecule has 2 aromatic rings. The van der Waals surface area contributed by atoms with Gasteiger partial charge in [0.05, 0.1) is 33.5 Å². The van der Waals surface area contributed by atoms with E-state index in [9.17, 15) is 9.59 Å². The topological polar surface area (TPSA) is 55.4 Å². The van der Waals surface area contributed by atoms with Gasteiger partial charge in [-0.3, -0.25) is 4.79 Å². The molecule has 2 aromatic carbocycles. The minimum atomic E-state index is -0.547. The minimum absolute atomic E-state index is 0.119. The van der Waals surface area contributed by atoms with Crippen molar-refractivity contribution in [3.8, 4) is 0 Å². The standard InChI is InChI=1S/C17H14Cl3NO3/c1-2-8-24-17(23)11-7-6-10(18)9-14(11)21-16(22)15-12(19)4-3-5-13(15)20/h3-7,9H,2,8H2,1H3,(H,21,22). The smallest absolute Gasteiger partial charge is 0.340 e. The Balaban J connectivity index is 2.33. The second-order valence-electron chi connectivity index (χ2n) is 4.88. The molecule has 0 spiro atoms. The third-order valence-electron chi connectivity index (χ3n) is 3.08. The van der Waals surface area contributed by atoms with E-state index in [0.29, 0.717) is 11.4 Å². The van der Waals surface area contributed by atoms with E-state index in [1.165, 1.54) is 12.1 Å². The zero-order valence-corrected chi connectivity index (χ0v) is 15.0. The maximum Gasteiger partial charge on any atom is 0.340 e. The summed E-state index contributed by atoms with van der Waals surface area (Å²) >= 11 is 18.0. The molecule has 4 nitrogen and oxygen atoms in total. The number of esters is 1. The van der Waals surface area contributed by atoms with Crippen LogP contribution in [0.1, 0.15) is 34.1 Å². The number of hydrogen-bond acceptors (Lipinski definition) is 3. The summed E-state index contributed by atoms with van der Waals surface area (Å²) in [6.45, 7) is 2.17. The fourth-order valence-electron chi connectivity index (χ4n) is 1.97. The Morgan fingerprint density at radius 2 is 1.75 bits per heavy atom. The van der Waals surface area contributed by atoms with Gasteiger partial charge in [0, 0.05) is 5.02 Å². The lowest BCUT2D eigenvalue weighted by Gasteiger charge is -2.12. The first kappa shape index (κ1) is 18.6. The van der Waals surface area contributed by atoms with Crippen LogP contribution in [0.15, 0.2) is 36.4 Å². The lowest BCUT2D eigenvalue weighted by molar-refractivity contribution is 0.0506. The third kappa shape index (κ3) is 4.41.